The molecule has 2 N–H and O–H groups in total. The van der Waals surface area contributed by atoms with E-state index in [2.05, 4.69) is 9.88 Å². The number of carbonyl (C=O) groups is 2. The van der Waals surface area contributed by atoms with Crippen molar-refractivity contribution in [1.82, 2.24) is 9.97 Å². The van der Waals surface area contributed by atoms with Gasteiger partial charge in [-0.05, 0) is 31.9 Å². The number of primary amides is 1. The number of amides is 1. The summed E-state index contributed by atoms with van der Waals surface area (Å²) in [7, 11) is 0. The third kappa shape index (κ3) is 2.98. The lowest BCUT2D eigenvalue weighted by Crippen LogP contribution is -2.39. The number of fused-ring (bicyclic) bond motifs is 1. The number of furan rings is 1. The van der Waals surface area contributed by atoms with Crippen LogP contribution in [0.4, 0.5) is 5.95 Å². The van der Waals surface area contributed by atoms with Gasteiger partial charge in [0.25, 0.3) is 0 Å². The molecule has 26 heavy (non-hydrogen) atoms. The minimum absolute atomic E-state index is 0.0211. The third-order valence-corrected chi connectivity index (χ3v) is 5.43. The van der Waals surface area contributed by atoms with Crippen LogP contribution in [0, 0.1) is 12.8 Å². The predicted molar refractivity (Wildman–Crippen MR) is 95.0 cm³/mol. The van der Waals surface area contributed by atoms with Crippen LogP contribution in [-0.2, 0) is 11.2 Å². The highest BCUT2D eigenvalue weighted by Crippen LogP contribution is 2.34. The van der Waals surface area contributed by atoms with E-state index >= 15 is 0 Å². The van der Waals surface area contributed by atoms with Gasteiger partial charge in [0.05, 0.1) is 23.2 Å². The molecular weight excluding hydrogens is 332 g/mol. The number of rotatable bonds is 3. The van der Waals surface area contributed by atoms with Crippen LogP contribution in [0.3, 0.4) is 0 Å². The van der Waals surface area contributed by atoms with Crippen molar-refractivity contribution in [3.63, 3.8) is 0 Å². The van der Waals surface area contributed by atoms with Crippen LogP contribution >= 0.6 is 0 Å². The number of nitrogens with two attached hydrogens (primary N) is 1. The standard InChI is InChI=1S/C19H22N4O3/c1-11-17-14(9-13(10-15(17)24)16-3-2-8-26-16)22-19(21-11)23-6-4-12(5-7-23)18(20)25/h2-3,8,12-13H,4-7,9-10H2,1H3,(H2,20,25)/t13-/m0/s1. The fourth-order valence-electron chi connectivity index (χ4n) is 3.99. The topological polar surface area (TPSA) is 102 Å². The van der Waals surface area contributed by atoms with Gasteiger partial charge >= 0.3 is 0 Å². The lowest BCUT2D eigenvalue weighted by Gasteiger charge is -2.32. The molecule has 0 saturated carbocycles. The highest BCUT2D eigenvalue weighted by molar-refractivity contribution is 5.99. The van der Waals surface area contributed by atoms with Crippen molar-refractivity contribution < 1.29 is 14.0 Å². The number of hydrogen-bond acceptors (Lipinski definition) is 6. The predicted octanol–water partition coefficient (Wildman–Crippen LogP) is 1.99. The van der Waals surface area contributed by atoms with Crippen molar-refractivity contribution in [2.45, 2.75) is 38.5 Å². The zero-order chi connectivity index (χ0) is 18.3. The van der Waals surface area contributed by atoms with Crippen LogP contribution in [0.5, 0.6) is 0 Å². The molecule has 3 heterocycles. The molecule has 2 aromatic rings. The summed E-state index contributed by atoms with van der Waals surface area (Å²) in [5, 5.41) is 0. The van der Waals surface area contributed by atoms with Gasteiger partial charge in [-0.25, -0.2) is 9.97 Å². The number of Topliss-reactive ketones (excluding diaryl/α,β-unsaturated/α-hetero) is 1. The Morgan fingerprint density at radius 2 is 2.04 bits per heavy atom. The molecule has 136 valence electrons. The van der Waals surface area contributed by atoms with E-state index in [4.69, 9.17) is 15.1 Å². The van der Waals surface area contributed by atoms with E-state index in [1.54, 1.807) is 6.26 Å². The van der Waals surface area contributed by atoms with Crippen LogP contribution in [0.1, 0.15) is 52.7 Å². The summed E-state index contributed by atoms with van der Waals surface area (Å²) in [4.78, 5) is 35.3. The largest absolute Gasteiger partial charge is 0.469 e. The minimum atomic E-state index is -0.237. The molecule has 0 aromatic carbocycles. The fourth-order valence-corrected chi connectivity index (χ4v) is 3.99. The summed E-state index contributed by atoms with van der Waals surface area (Å²) in [6.07, 6.45) is 4.15. The Bertz CT molecular complexity index is 839. The van der Waals surface area contributed by atoms with Gasteiger partial charge in [-0.3, -0.25) is 9.59 Å². The summed E-state index contributed by atoms with van der Waals surface area (Å²) < 4.78 is 5.50. The van der Waals surface area contributed by atoms with E-state index in [9.17, 15) is 9.59 Å². The van der Waals surface area contributed by atoms with E-state index in [0.717, 1.165) is 17.1 Å². The second-order valence-electron chi connectivity index (χ2n) is 7.14. The summed E-state index contributed by atoms with van der Waals surface area (Å²) in [6.45, 7) is 3.26. The number of piperidine rings is 1. The first-order valence-corrected chi connectivity index (χ1v) is 9.01. The van der Waals surface area contributed by atoms with Crippen molar-refractivity contribution in [3.05, 3.63) is 41.1 Å². The molecule has 0 unspecified atom stereocenters. The molecular formula is C19H22N4O3. The normalized spacial score (nSPS) is 20.9. The maximum absolute atomic E-state index is 12.6. The Labute approximate surface area is 151 Å². The average molecular weight is 354 g/mol. The first-order valence-electron chi connectivity index (χ1n) is 9.01. The van der Waals surface area contributed by atoms with E-state index in [1.165, 1.54) is 0 Å². The zero-order valence-corrected chi connectivity index (χ0v) is 14.8. The van der Waals surface area contributed by atoms with Gasteiger partial charge in [-0.15, -0.1) is 0 Å². The van der Waals surface area contributed by atoms with Crippen molar-refractivity contribution >= 4 is 17.6 Å². The average Bonchev–Trinajstić information content (AvgIpc) is 3.15. The van der Waals surface area contributed by atoms with Crippen molar-refractivity contribution in [2.24, 2.45) is 11.7 Å². The number of ketones is 1. The molecule has 1 saturated heterocycles. The van der Waals surface area contributed by atoms with Gasteiger partial charge in [-0.2, -0.15) is 0 Å². The number of nitrogens with zero attached hydrogens (tertiary/aromatic N) is 3. The lowest BCUT2D eigenvalue weighted by molar-refractivity contribution is -0.122. The van der Waals surface area contributed by atoms with E-state index < -0.39 is 0 Å². The summed E-state index contributed by atoms with van der Waals surface area (Å²) >= 11 is 0. The first-order chi connectivity index (χ1) is 12.5. The molecule has 1 aliphatic carbocycles. The van der Waals surface area contributed by atoms with E-state index in [-0.39, 0.29) is 23.5 Å². The molecule has 2 aromatic heterocycles. The number of aryl methyl sites for hydroxylation is 1. The van der Waals surface area contributed by atoms with Crippen molar-refractivity contribution in [1.29, 1.82) is 0 Å². The van der Waals surface area contributed by atoms with Crippen LogP contribution in [0.2, 0.25) is 0 Å². The van der Waals surface area contributed by atoms with E-state index in [1.807, 2.05) is 19.1 Å². The van der Waals surface area contributed by atoms with Crippen LogP contribution in [0.25, 0.3) is 0 Å². The molecule has 7 heteroatoms. The Morgan fingerprint density at radius 3 is 2.69 bits per heavy atom. The van der Waals surface area contributed by atoms with Crippen molar-refractivity contribution in [2.75, 3.05) is 18.0 Å². The second kappa shape index (κ2) is 6.55. The maximum Gasteiger partial charge on any atom is 0.225 e. The van der Waals surface area contributed by atoms with Crippen LogP contribution in [0.15, 0.2) is 22.8 Å². The van der Waals surface area contributed by atoms with Crippen molar-refractivity contribution in [3.8, 4) is 0 Å². The Kier molecular flexibility index (Phi) is 4.22. The number of aromatic nitrogens is 2. The molecule has 0 spiro atoms. The molecule has 1 atom stereocenters. The molecule has 0 bridgehead atoms. The number of carbonyl (C=O) groups excluding carboxylic acids is 2. The summed E-state index contributed by atoms with van der Waals surface area (Å²) in [5.41, 5.74) is 7.58. The quantitative estimate of drug-likeness (QED) is 0.904. The van der Waals surface area contributed by atoms with Gasteiger partial charge in [0.1, 0.15) is 5.76 Å². The molecule has 0 radical (unpaired) electrons. The highest BCUT2D eigenvalue weighted by Gasteiger charge is 2.32. The minimum Gasteiger partial charge on any atom is -0.469 e. The molecule has 1 fully saturated rings. The molecule has 7 nitrogen and oxygen atoms in total. The Hall–Kier alpha value is -2.70. The molecule has 1 amide bonds. The monoisotopic (exact) mass is 354 g/mol. The van der Waals surface area contributed by atoms with Gasteiger partial charge < -0.3 is 15.1 Å². The SMILES string of the molecule is Cc1nc(N2CCC(C(N)=O)CC2)nc2c1C(=O)C[C@@H](c1ccco1)C2. The molecule has 4 rings (SSSR count). The zero-order valence-electron chi connectivity index (χ0n) is 14.8. The Balaban J connectivity index is 1.60. The smallest absolute Gasteiger partial charge is 0.225 e. The third-order valence-electron chi connectivity index (χ3n) is 5.43. The highest BCUT2D eigenvalue weighted by atomic mass is 16.3. The summed E-state index contributed by atoms with van der Waals surface area (Å²) in [5.74, 6) is 1.24. The Morgan fingerprint density at radius 1 is 1.27 bits per heavy atom. The summed E-state index contributed by atoms with van der Waals surface area (Å²) in [6, 6.07) is 3.75. The van der Waals surface area contributed by atoms with Gasteiger partial charge in [-0.1, -0.05) is 0 Å². The lowest BCUT2D eigenvalue weighted by atomic mass is 9.84. The van der Waals surface area contributed by atoms with Crippen LogP contribution < -0.4 is 10.6 Å². The number of anilines is 1. The molecule has 1 aliphatic heterocycles. The maximum atomic E-state index is 12.6. The molecule has 2 aliphatic rings. The first kappa shape index (κ1) is 16.8. The van der Waals surface area contributed by atoms with E-state index in [0.29, 0.717) is 50.3 Å². The number of hydrogen-bond donors (Lipinski definition) is 1. The van der Waals surface area contributed by atoms with Crippen LogP contribution in [-0.4, -0.2) is 34.7 Å². The fraction of sp³-hybridized carbons (Fsp3) is 0.474. The van der Waals surface area contributed by atoms with Gasteiger partial charge in [0.15, 0.2) is 5.78 Å². The second-order valence-corrected chi connectivity index (χ2v) is 7.14. The van der Waals surface area contributed by atoms with Gasteiger partial charge in [0, 0.05) is 37.8 Å². The van der Waals surface area contributed by atoms with Gasteiger partial charge in [0.2, 0.25) is 11.9 Å².